The fraction of sp³-hybridized carbons (Fsp3) is 0.150. The van der Waals surface area contributed by atoms with Crippen LogP contribution in [-0.4, -0.2) is 29.4 Å². The number of aromatic amines is 1. The van der Waals surface area contributed by atoms with E-state index in [0.29, 0.717) is 11.4 Å². The zero-order chi connectivity index (χ0) is 18.4. The third kappa shape index (κ3) is 4.16. The van der Waals surface area contributed by atoms with Crippen LogP contribution >= 0.6 is 0 Å². The van der Waals surface area contributed by atoms with E-state index >= 15 is 0 Å². The number of methoxy groups -OCH3 is 1. The van der Waals surface area contributed by atoms with Crippen LogP contribution in [0.15, 0.2) is 59.7 Å². The van der Waals surface area contributed by atoms with Crippen molar-refractivity contribution in [1.82, 2.24) is 15.6 Å². The number of hydrazone groups is 1. The van der Waals surface area contributed by atoms with Gasteiger partial charge in [-0.3, -0.25) is 9.89 Å². The van der Waals surface area contributed by atoms with Crippen molar-refractivity contribution in [2.24, 2.45) is 5.10 Å². The first kappa shape index (κ1) is 17.4. The van der Waals surface area contributed by atoms with Crippen molar-refractivity contribution in [3.8, 4) is 17.0 Å². The van der Waals surface area contributed by atoms with Crippen LogP contribution in [0.3, 0.4) is 0 Å². The predicted octanol–water partition coefficient (Wildman–Crippen LogP) is 3.41. The Morgan fingerprint density at radius 1 is 1.19 bits per heavy atom. The SMILES string of the molecule is CCc1ccc(C=NNC(=O)c2cc(-c3ccc(OC)cc3)n[nH]2)cc1. The van der Waals surface area contributed by atoms with Gasteiger partial charge in [-0.25, -0.2) is 5.43 Å². The van der Waals surface area contributed by atoms with Gasteiger partial charge in [0.1, 0.15) is 11.4 Å². The number of aryl methyl sites for hydroxylation is 1. The Balaban J connectivity index is 1.62. The predicted molar refractivity (Wildman–Crippen MR) is 101 cm³/mol. The number of hydrogen-bond acceptors (Lipinski definition) is 4. The number of rotatable bonds is 6. The second kappa shape index (κ2) is 8.11. The highest BCUT2D eigenvalue weighted by molar-refractivity contribution is 5.94. The summed E-state index contributed by atoms with van der Waals surface area (Å²) in [5.74, 6) is 0.419. The van der Waals surface area contributed by atoms with Gasteiger partial charge < -0.3 is 4.74 Å². The highest BCUT2D eigenvalue weighted by atomic mass is 16.5. The largest absolute Gasteiger partial charge is 0.497 e. The molecule has 0 saturated carbocycles. The number of amides is 1. The van der Waals surface area contributed by atoms with Crippen LogP contribution in [0.5, 0.6) is 5.75 Å². The smallest absolute Gasteiger partial charge is 0.289 e. The summed E-state index contributed by atoms with van der Waals surface area (Å²) in [6.45, 7) is 2.11. The number of ether oxygens (including phenoxy) is 1. The van der Waals surface area contributed by atoms with Crippen molar-refractivity contribution in [1.29, 1.82) is 0 Å². The topological polar surface area (TPSA) is 79.4 Å². The van der Waals surface area contributed by atoms with E-state index in [2.05, 4.69) is 27.6 Å². The fourth-order valence-corrected chi connectivity index (χ4v) is 2.41. The summed E-state index contributed by atoms with van der Waals surface area (Å²) in [4.78, 5) is 12.2. The van der Waals surface area contributed by atoms with E-state index in [0.717, 1.165) is 23.3 Å². The van der Waals surface area contributed by atoms with Crippen LogP contribution in [0.2, 0.25) is 0 Å². The molecule has 0 saturated heterocycles. The van der Waals surface area contributed by atoms with Crippen LogP contribution in [0, 0.1) is 0 Å². The minimum absolute atomic E-state index is 0.342. The average molecular weight is 348 g/mol. The highest BCUT2D eigenvalue weighted by Gasteiger charge is 2.10. The maximum Gasteiger partial charge on any atom is 0.289 e. The Hall–Kier alpha value is -3.41. The number of aromatic nitrogens is 2. The zero-order valence-corrected chi connectivity index (χ0v) is 14.7. The second-order valence-corrected chi connectivity index (χ2v) is 5.69. The maximum absolute atomic E-state index is 12.2. The quantitative estimate of drug-likeness (QED) is 0.529. The van der Waals surface area contributed by atoms with Crippen LogP contribution in [-0.2, 0) is 6.42 Å². The molecule has 0 unspecified atom stereocenters. The lowest BCUT2D eigenvalue weighted by molar-refractivity contribution is 0.0950. The number of carbonyl (C=O) groups is 1. The molecular weight excluding hydrogens is 328 g/mol. The van der Waals surface area contributed by atoms with Gasteiger partial charge in [0.15, 0.2) is 0 Å². The van der Waals surface area contributed by atoms with Crippen molar-refractivity contribution in [3.05, 3.63) is 71.4 Å². The molecule has 1 aromatic heterocycles. The van der Waals surface area contributed by atoms with E-state index in [4.69, 9.17) is 4.74 Å². The molecule has 0 aliphatic heterocycles. The normalized spacial score (nSPS) is 10.8. The third-order valence-electron chi connectivity index (χ3n) is 3.98. The molecule has 2 N–H and O–H groups in total. The molecule has 0 radical (unpaired) electrons. The minimum Gasteiger partial charge on any atom is -0.497 e. The van der Waals surface area contributed by atoms with Gasteiger partial charge in [0.2, 0.25) is 0 Å². The summed E-state index contributed by atoms with van der Waals surface area (Å²) in [5.41, 5.74) is 6.59. The van der Waals surface area contributed by atoms with Gasteiger partial charge in [-0.2, -0.15) is 10.2 Å². The Kier molecular flexibility index (Phi) is 5.43. The summed E-state index contributed by atoms with van der Waals surface area (Å²) < 4.78 is 5.13. The van der Waals surface area contributed by atoms with Crippen LogP contribution in [0.1, 0.15) is 28.5 Å². The molecule has 0 atom stereocenters. The monoisotopic (exact) mass is 348 g/mol. The molecule has 1 heterocycles. The van der Waals surface area contributed by atoms with Gasteiger partial charge in [-0.05, 0) is 47.9 Å². The first-order chi connectivity index (χ1) is 12.7. The third-order valence-corrected chi connectivity index (χ3v) is 3.98. The number of benzene rings is 2. The van der Waals surface area contributed by atoms with E-state index in [-0.39, 0.29) is 5.91 Å². The Labute approximate surface area is 151 Å². The van der Waals surface area contributed by atoms with E-state index in [1.54, 1.807) is 19.4 Å². The molecule has 1 amide bonds. The number of H-pyrrole nitrogens is 1. The average Bonchev–Trinajstić information content (AvgIpc) is 3.19. The zero-order valence-electron chi connectivity index (χ0n) is 14.7. The lowest BCUT2D eigenvalue weighted by Gasteiger charge is -2.00. The van der Waals surface area contributed by atoms with Crippen LogP contribution in [0.25, 0.3) is 11.3 Å². The van der Waals surface area contributed by atoms with Crippen LogP contribution < -0.4 is 10.2 Å². The van der Waals surface area contributed by atoms with Crippen molar-refractivity contribution >= 4 is 12.1 Å². The van der Waals surface area contributed by atoms with E-state index in [9.17, 15) is 4.79 Å². The molecule has 0 fully saturated rings. The first-order valence-electron chi connectivity index (χ1n) is 8.31. The fourth-order valence-electron chi connectivity index (χ4n) is 2.41. The van der Waals surface area contributed by atoms with Gasteiger partial charge in [-0.15, -0.1) is 0 Å². The lowest BCUT2D eigenvalue weighted by atomic mass is 10.1. The van der Waals surface area contributed by atoms with E-state index in [1.807, 2.05) is 48.5 Å². The van der Waals surface area contributed by atoms with Gasteiger partial charge in [0, 0.05) is 5.56 Å². The number of carbonyl (C=O) groups excluding carboxylic acids is 1. The minimum atomic E-state index is -0.348. The Morgan fingerprint density at radius 2 is 1.92 bits per heavy atom. The van der Waals surface area contributed by atoms with Gasteiger partial charge in [0.25, 0.3) is 5.91 Å². The van der Waals surface area contributed by atoms with Crippen molar-refractivity contribution in [3.63, 3.8) is 0 Å². The van der Waals surface area contributed by atoms with Crippen molar-refractivity contribution in [2.45, 2.75) is 13.3 Å². The maximum atomic E-state index is 12.2. The first-order valence-corrected chi connectivity index (χ1v) is 8.31. The summed E-state index contributed by atoms with van der Waals surface area (Å²) in [7, 11) is 1.62. The van der Waals surface area contributed by atoms with Gasteiger partial charge in [0.05, 0.1) is 19.0 Å². The van der Waals surface area contributed by atoms with E-state index in [1.165, 1.54) is 5.56 Å². The lowest BCUT2D eigenvalue weighted by Crippen LogP contribution is -2.17. The van der Waals surface area contributed by atoms with Crippen molar-refractivity contribution in [2.75, 3.05) is 7.11 Å². The molecule has 6 heteroatoms. The molecule has 132 valence electrons. The summed E-state index contributed by atoms with van der Waals surface area (Å²) in [5, 5.41) is 10.9. The van der Waals surface area contributed by atoms with Gasteiger partial charge >= 0.3 is 0 Å². The molecule has 0 spiro atoms. The Morgan fingerprint density at radius 3 is 2.58 bits per heavy atom. The number of nitrogens with zero attached hydrogens (tertiary/aromatic N) is 2. The molecular formula is C20H20N4O2. The second-order valence-electron chi connectivity index (χ2n) is 5.69. The molecule has 0 aliphatic rings. The molecule has 0 aliphatic carbocycles. The highest BCUT2D eigenvalue weighted by Crippen LogP contribution is 2.21. The van der Waals surface area contributed by atoms with Gasteiger partial charge in [-0.1, -0.05) is 31.2 Å². The molecule has 3 rings (SSSR count). The molecule has 6 nitrogen and oxygen atoms in total. The number of hydrogen-bond donors (Lipinski definition) is 2. The molecule has 26 heavy (non-hydrogen) atoms. The molecule has 3 aromatic rings. The Bertz CT molecular complexity index is 896. The summed E-state index contributed by atoms with van der Waals surface area (Å²) >= 11 is 0. The standard InChI is InChI=1S/C20H20N4O2/c1-3-14-4-6-15(7-5-14)13-21-24-20(25)19-12-18(22-23-19)16-8-10-17(26-2)11-9-16/h4-13H,3H2,1-2H3,(H,22,23)(H,24,25). The molecule has 2 aromatic carbocycles. The number of nitrogens with one attached hydrogen (secondary N) is 2. The van der Waals surface area contributed by atoms with E-state index < -0.39 is 0 Å². The summed E-state index contributed by atoms with van der Waals surface area (Å²) in [6.07, 6.45) is 2.60. The van der Waals surface area contributed by atoms with Crippen molar-refractivity contribution < 1.29 is 9.53 Å². The summed E-state index contributed by atoms with van der Waals surface area (Å²) in [6, 6.07) is 17.2. The molecule has 0 bridgehead atoms. The van der Waals surface area contributed by atoms with Crippen LogP contribution in [0.4, 0.5) is 0 Å².